The molecule has 0 heterocycles. The van der Waals surface area contributed by atoms with Crippen LogP contribution in [0.4, 0.5) is 0 Å². The van der Waals surface area contributed by atoms with Gasteiger partial charge in [0.1, 0.15) is 0 Å². The number of benzene rings is 1. The number of carbonyl (C=O) groups is 1. The molecule has 0 atom stereocenters. The van der Waals surface area contributed by atoms with Gasteiger partial charge in [-0.2, -0.15) is 0 Å². The van der Waals surface area contributed by atoms with Crippen LogP contribution in [0.2, 0.25) is 0 Å². The third-order valence-corrected chi connectivity index (χ3v) is 5.01. The van der Waals surface area contributed by atoms with Crippen molar-refractivity contribution in [1.29, 1.82) is 0 Å². The van der Waals surface area contributed by atoms with Crippen molar-refractivity contribution in [2.75, 3.05) is 6.54 Å². The molecule has 0 saturated carbocycles. The van der Waals surface area contributed by atoms with Crippen molar-refractivity contribution >= 4 is 12.0 Å². The molecule has 1 amide bonds. The lowest BCUT2D eigenvalue weighted by atomic mass is 10.0. The summed E-state index contributed by atoms with van der Waals surface area (Å²) in [6, 6.07) is 4.47. The molecule has 0 aliphatic rings. The molecule has 0 radical (unpaired) electrons. The number of phenols is 2. The largest absolute Gasteiger partial charge is 0.504 e. The van der Waals surface area contributed by atoms with Crippen LogP contribution < -0.4 is 5.32 Å². The summed E-state index contributed by atoms with van der Waals surface area (Å²) in [5.41, 5.74) is 0.673. The topological polar surface area (TPSA) is 69.6 Å². The molecule has 3 N–H and O–H groups in total. The Kier molecular flexibility index (Phi) is 13.8. The van der Waals surface area contributed by atoms with Crippen LogP contribution in [0.3, 0.4) is 0 Å². The van der Waals surface area contributed by atoms with Gasteiger partial charge in [0.15, 0.2) is 11.5 Å². The average Bonchev–Trinajstić information content (AvgIpc) is 2.69. The molecule has 0 fully saturated rings. The number of aromatic hydroxyl groups is 2. The zero-order valence-electron chi connectivity index (χ0n) is 17.6. The van der Waals surface area contributed by atoms with Gasteiger partial charge in [-0.1, -0.05) is 90.0 Å². The third kappa shape index (κ3) is 12.4. The Morgan fingerprint density at radius 3 is 1.89 bits per heavy atom. The van der Waals surface area contributed by atoms with E-state index in [1.165, 1.54) is 88.8 Å². The highest BCUT2D eigenvalue weighted by Crippen LogP contribution is 2.25. The van der Waals surface area contributed by atoms with Gasteiger partial charge in [-0.25, -0.2) is 0 Å². The van der Waals surface area contributed by atoms with Gasteiger partial charge >= 0.3 is 0 Å². The summed E-state index contributed by atoms with van der Waals surface area (Å²) in [5.74, 6) is -0.481. The van der Waals surface area contributed by atoms with Gasteiger partial charge in [0.2, 0.25) is 5.91 Å². The maximum atomic E-state index is 11.8. The average molecular weight is 390 g/mol. The van der Waals surface area contributed by atoms with Crippen LogP contribution in [-0.4, -0.2) is 22.7 Å². The van der Waals surface area contributed by atoms with Crippen molar-refractivity contribution in [3.8, 4) is 11.5 Å². The van der Waals surface area contributed by atoms with Gasteiger partial charge in [-0.05, 0) is 30.2 Å². The molecule has 1 rings (SSSR count). The molecule has 4 nitrogen and oxygen atoms in total. The van der Waals surface area contributed by atoms with Gasteiger partial charge in [-0.3, -0.25) is 4.79 Å². The first-order valence-corrected chi connectivity index (χ1v) is 11.1. The number of unbranched alkanes of at least 4 members (excludes halogenated alkanes) is 12. The molecule has 0 aliphatic heterocycles. The molecule has 0 aliphatic carbocycles. The first kappa shape index (κ1) is 24.1. The predicted octanol–water partition coefficient (Wildman–Crippen LogP) is 6.32. The number of hydrogen-bond acceptors (Lipinski definition) is 3. The van der Waals surface area contributed by atoms with Crippen molar-refractivity contribution in [3.05, 3.63) is 29.8 Å². The van der Waals surface area contributed by atoms with Crippen LogP contribution in [0.25, 0.3) is 6.08 Å². The molecular weight excluding hydrogens is 350 g/mol. The number of amides is 1. The Labute approximate surface area is 171 Å². The van der Waals surface area contributed by atoms with E-state index in [1.54, 1.807) is 12.1 Å². The zero-order chi connectivity index (χ0) is 20.5. The number of carbonyl (C=O) groups excluding carboxylic acids is 1. The van der Waals surface area contributed by atoms with Crippen molar-refractivity contribution in [2.45, 2.75) is 90.4 Å². The summed E-state index contributed by atoms with van der Waals surface area (Å²) >= 11 is 0. The molecule has 28 heavy (non-hydrogen) atoms. The molecule has 1 aromatic rings. The Morgan fingerprint density at radius 1 is 0.821 bits per heavy atom. The van der Waals surface area contributed by atoms with Gasteiger partial charge in [0.05, 0.1) is 0 Å². The van der Waals surface area contributed by atoms with E-state index in [0.29, 0.717) is 12.1 Å². The smallest absolute Gasteiger partial charge is 0.243 e. The fourth-order valence-corrected chi connectivity index (χ4v) is 3.23. The van der Waals surface area contributed by atoms with Crippen LogP contribution in [0, 0.1) is 0 Å². The molecule has 0 saturated heterocycles. The lowest BCUT2D eigenvalue weighted by molar-refractivity contribution is -0.116. The molecule has 4 heteroatoms. The maximum absolute atomic E-state index is 11.8. The van der Waals surface area contributed by atoms with Crippen LogP contribution in [0.5, 0.6) is 11.5 Å². The standard InChI is InChI=1S/C24H39NO3/c1-2-3-4-5-6-7-8-9-10-11-12-13-14-19-25-24(28)18-16-21-15-17-22(26)23(27)20-21/h15-18,20,26-27H,2-14,19H2,1H3,(H,25,28). The van der Waals surface area contributed by atoms with Crippen LogP contribution in [0.1, 0.15) is 96.0 Å². The van der Waals surface area contributed by atoms with E-state index < -0.39 is 0 Å². The van der Waals surface area contributed by atoms with E-state index in [4.69, 9.17) is 0 Å². The minimum atomic E-state index is -0.186. The summed E-state index contributed by atoms with van der Waals surface area (Å²) in [6.45, 7) is 2.96. The van der Waals surface area contributed by atoms with Gasteiger partial charge in [0.25, 0.3) is 0 Å². The highest BCUT2D eigenvalue weighted by Gasteiger charge is 1.99. The summed E-state index contributed by atoms with van der Waals surface area (Å²) in [4.78, 5) is 11.8. The normalized spacial score (nSPS) is 11.2. The van der Waals surface area contributed by atoms with Crippen LogP contribution in [0.15, 0.2) is 24.3 Å². The molecule has 0 bridgehead atoms. The van der Waals surface area contributed by atoms with Crippen molar-refractivity contribution in [1.82, 2.24) is 5.32 Å². The maximum Gasteiger partial charge on any atom is 0.243 e. The Hall–Kier alpha value is -1.97. The molecule has 0 aromatic heterocycles. The molecule has 0 spiro atoms. The van der Waals surface area contributed by atoms with E-state index in [9.17, 15) is 15.0 Å². The van der Waals surface area contributed by atoms with Gasteiger partial charge in [0, 0.05) is 12.6 Å². The second-order valence-corrected chi connectivity index (χ2v) is 7.62. The molecule has 158 valence electrons. The minimum absolute atomic E-state index is 0.133. The summed E-state index contributed by atoms with van der Waals surface area (Å²) in [5, 5.41) is 21.6. The lowest BCUT2D eigenvalue weighted by Gasteiger charge is -2.04. The van der Waals surface area contributed by atoms with Gasteiger partial charge < -0.3 is 15.5 Å². The predicted molar refractivity (Wildman–Crippen MR) is 118 cm³/mol. The molecular formula is C24H39NO3. The Balaban J connectivity index is 1.92. The van der Waals surface area contributed by atoms with Crippen molar-refractivity contribution in [2.24, 2.45) is 0 Å². The minimum Gasteiger partial charge on any atom is -0.504 e. The SMILES string of the molecule is CCCCCCCCCCCCCCCNC(=O)C=Cc1ccc(O)c(O)c1. The van der Waals surface area contributed by atoms with E-state index in [-0.39, 0.29) is 17.4 Å². The fraction of sp³-hybridized carbons (Fsp3) is 0.625. The highest BCUT2D eigenvalue weighted by atomic mass is 16.3. The Bertz CT molecular complexity index is 569. The third-order valence-electron chi connectivity index (χ3n) is 5.01. The highest BCUT2D eigenvalue weighted by molar-refractivity contribution is 5.91. The second-order valence-electron chi connectivity index (χ2n) is 7.62. The van der Waals surface area contributed by atoms with E-state index in [0.717, 1.165) is 12.8 Å². The Morgan fingerprint density at radius 2 is 1.36 bits per heavy atom. The molecule has 1 aromatic carbocycles. The number of hydrogen-bond donors (Lipinski definition) is 3. The van der Waals surface area contributed by atoms with Gasteiger partial charge in [-0.15, -0.1) is 0 Å². The first-order chi connectivity index (χ1) is 13.6. The first-order valence-electron chi connectivity index (χ1n) is 11.1. The number of phenolic OH excluding ortho intramolecular Hbond substituents is 2. The van der Waals surface area contributed by atoms with E-state index in [2.05, 4.69) is 12.2 Å². The summed E-state index contributed by atoms with van der Waals surface area (Å²) < 4.78 is 0. The van der Waals surface area contributed by atoms with Crippen LogP contribution >= 0.6 is 0 Å². The lowest BCUT2D eigenvalue weighted by Crippen LogP contribution is -2.21. The fourth-order valence-electron chi connectivity index (χ4n) is 3.23. The summed E-state index contributed by atoms with van der Waals surface area (Å²) in [6.07, 6.45) is 20.2. The zero-order valence-corrected chi connectivity index (χ0v) is 17.6. The van der Waals surface area contributed by atoms with Crippen molar-refractivity contribution < 1.29 is 15.0 Å². The van der Waals surface area contributed by atoms with E-state index in [1.807, 2.05) is 0 Å². The monoisotopic (exact) mass is 389 g/mol. The summed E-state index contributed by atoms with van der Waals surface area (Å²) in [7, 11) is 0. The van der Waals surface area contributed by atoms with Crippen LogP contribution in [-0.2, 0) is 4.79 Å². The second kappa shape index (κ2) is 16.0. The van der Waals surface area contributed by atoms with E-state index >= 15 is 0 Å². The number of rotatable bonds is 16. The quantitative estimate of drug-likeness (QED) is 0.176. The number of nitrogens with one attached hydrogen (secondary N) is 1. The van der Waals surface area contributed by atoms with Crippen molar-refractivity contribution in [3.63, 3.8) is 0 Å². The molecule has 0 unspecified atom stereocenters.